The van der Waals surface area contributed by atoms with Gasteiger partial charge in [0.1, 0.15) is 18.0 Å². The van der Waals surface area contributed by atoms with Crippen LogP contribution in [0.1, 0.15) is 15.9 Å². The van der Waals surface area contributed by atoms with E-state index in [1.165, 1.54) is 0 Å². The zero-order chi connectivity index (χ0) is 16.2. The quantitative estimate of drug-likeness (QED) is 0.821. The first-order chi connectivity index (χ1) is 11.2. The molecule has 6 heteroatoms. The number of fused-ring (bicyclic) bond motifs is 1. The summed E-state index contributed by atoms with van der Waals surface area (Å²) in [5.41, 5.74) is 7.12. The van der Waals surface area contributed by atoms with Crippen LogP contribution in [0.25, 0.3) is 0 Å². The number of anilines is 1. The zero-order valence-corrected chi connectivity index (χ0v) is 12.4. The number of nitrogens with two attached hydrogens (primary N) is 1. The van der Waals surface area contributed by atoms with Crippen LogP contribution in [0.5, 0.6) is 11.5 Å². The van der Waals surface area contributed by atoms with Crippen molar-refractivity contribution in [2.24, 2.45) is 5.73 Å². The Labute approximate surface area is 133 Å². The van der Waals surface area contributed by atoms with Crippen LogP contribution in [0.15, 0.2) is 42.5 Å². The highest BCUT2D eigenvalue weighted by Crippen LogP contribution is 2.40. The maximum absolute atomic E-state index is 11.9. The van der Waals surface area contributed by atoms with Crippen LogP contribution in [0, 0.1) is 0 Å². The summed E-state index contributed by atoms with van der Waals surface area (Å²) < 4.78 is 11.2. The summed E-state index contributed by atoms with van der Waals surface area (Å²) in [6, 6.07) is 12.9. The summed E-state index contributed by atoms with van der Waals surface area (Å²) in [7, 11) is 0. The standard InChI is InChI=1S/C17H16N2O4/c18-8-13(20)12-6-7-14(16-17(12)23-10-15(21)19-16)22-9-11-4-2-1-3-5-11/h1-7H,8-10,18H2,(H,19,21). The lowest BCUT2D eigenvalue weighted by atomic mass is 10.1. The molecule has 0 atom stereocenters. The number of ether oxygens (including phenoxy) is 2. The van der Waals surface area contributed by atoms with Crippen molar-refractivity contribution in [2.45, 2.75) is 6.61 Å². The molecular formula is C17H16N2O4. The van der Waals surface area contributed by atoms with Gasteiger partial charge in [0.25, 0.3) is 5.91 Å². The van der Waals surface area contributed by atoms with E-state index in [4.69, 9.17) is 15.2 Å². The second-order valence-electron chi connectivity index (χ2n) is 5.05. The van der Waals surface area contributed by atoms with Crippen LogP contribution >= 0.6 is 0 Å². The van der Waals surface area contributed by atoms with Crippen molar-refractivity contribution in [1.29, 1.82) is 0 Å². The molecule has 0 bridgehead atoms. The number of Topliss-reactive ketones (excluding diaryl/α,β-unsaturated/α-hetero) is 1. The molecule has 0 aromatic heterocycles. The minimum Gasteiger partial charge on any atom is -0.487 e. The van der Waals surface area contributed by atoms with Crippen molar-refractivity contribution in [3.8, 4) is 11.5 Å². The van der Waals surface area contributed by atoms with Gasteiger partial charge in [0, 0.05) is 0 Å². The molecular weight excluding hydrogens is 296 g/mol. The largest absolute Gasteiger partial charge is 0.487 e. The van der Waals surface area contributed by atoms with Crippen molar-refractivity contribution in [3.63, 3.8) is 0 Å². The Hall–Kier alpha value is -2.86. The van der Waals surface area contributed by atoms with E-state index in [1.54, 1.807) is 12.1 Å². The SMILES string of the molecule is NCC(=O)c1ccc(OCc2ccccc2)c2c1OCC(=O)N2. The lowest BCUT2D eigenvalue weighted by molar-refractivity contribution is -0.118. The van der Waals surface area contributed by atoms with Crippen LogP contribution in [-0.4, -0.2) is 24.8 Å². The van der Waals surface area contributed by atoms with Gasteiger partial charge >= 0.3 is 0 Å². The van der Waals surface area contributed by atoms with E-state index in [0.717, 1.165) is 5.56 Å². The van der Waals surface area contributed by atoms with Crippen LogP contribution in [0.3, 0.4) is 0 Å². The molecule has 3 N–H and O–H groups in total. The van der Waals surface area contributed by atoms with Crippen molar-refractivity contribution in [3.05, 3.63) is 53.6 Å². The molecule has 1 aliphatic rings. The minimum atomic E-state index is -0.292. The minimum absolute atomic E-state index is 0.131. The molecule has 6 nitrogen and oxygen atoms in total. The number of rotatable bonds is 5. The maximum atomic E-state index is 11.9. The Bertz CT molecular complexity index is 744. The molecule has 1 heterocycles. The number of hydrogen-bond acceptors (Lipinski definition) is 5. The Morgan fingerprint density at radius 1 is 1.22 bits per heavy atom. The highest BCUT2D eigenvalue weighted by atomic mass is 16.5. The van der Waals surface area contributed by atoms with Crippen molar-refractivity contribution in [2.75, 3.05) is 18.5 Å². The predicted molar refractivity (Wildman–Crippen MR) is 84.7 cm³/mol. The van der Waals surface area contributed by atoms with Crippen LogP contribution in [0.2, 0.25) is 0 Å². The average Bonchev–Trinajstić information content (AvgIpc) is 2.59. The second kappa shape index (κ2) is 6.50. The molecule has 2 aromatic carbocycles. The fourth-order valence-corrected chi connectivity index (χ4v) is 2.33. The van der Waals surface area contributed by atoms with Gasteiger partial charge in [-0.2, -0.15) is 0 Å². The first-order valence-corrected chi connectivity index (χ1v) is 7.18. The van der Waals surface area contributed by atoms with Crippen molar-refractivity contribution in [1.82, 2.24) is 0 Å². The topological polar surface area (TPSA) is 90.7 Å². The molecule has 3 rings (SSSR count). The van der Waals surface area contributed by atoms with E-state index in [-0.39, 0.29) is 24.8 Å². The smallest absolute Gasteiger partial charge is 0.262 e. The first-order valence-electron chi connectivity index (χ1n) is 7.18. The molecule has 23 heavy (non-hydrogen) atoms. The number of amides is 1. The van der Waals surface area contributed by atoms with Gasteiger partial charge in [-0.15, -0.1) is 0 Å². The van der Waals surface area contributed by atoms with Gasteiger partial charge in [0.2, 0.25) is 0 Å². The normalized spacial score (nSPS) is 12.8. The third kappa shape index (κ3) is 3.17. The Morgan fingerprint density at radius 3 is 2.74 bits per heavy atom. The number of hydrogen-bond donors (Lipinski definition) is 2. The monoisotopic (exact) mass is 312 g/mol. The van der Waals surface area contributed by atoms with E-state index in [2.05, 4.69) is 5.32 Å². The average molecular weight is 312 g/mol. The molecule has 1 aliphatic heterocycles. The molecule has 0 aliphatic carbocycles. The Balaban J connectivity index is 1.91. The summed E-state index contributed by atoms with van der Waals surface area (Å²) in [5, 5.41) is 2.70. The lowest BCUT2D eigenvalue weighted by Gasteiger charge is -2.23. The highest BCUT2D eigenvalue weighted by Gasteiger charge is 2.25. The molecule has 118 valence electrons. The van der Waals surface area contributed by atoms with Crippen LogP contribution < -0.4 is 20.5 Å². The number of carbonyl (C=O) groups is 2. The number of benzene rings is 2. The lowest BCUT2D eigenvalue weighted by Crippen LogP contribution is -2.28. The van der Waals surface area contributed by atoms with Gasteiger partial charge in [-0.1, -0.05) is 30.3 Å². The number of ketones is 1. The van der Waals surface area contributed by atoms with Gasteiger partial charge < -0.3 is 20.5 Å². The van der Waals surface area contributed by atoms with E-state index < -0.39 is 0 Å². The zero-order valence-electron chi connectivity index (χ0n) is 12.4. The van der Waals surface area contributed by atoms with E-state index in [0.29, 0.717) is 29.4 Å². The van der Waals surface area contributed by atoms with E-state index >= 15 is 0 Å². The first kappa shape index (κ1) is 15.1. The highest BCUT2D eigenvalue weighted by molar-refractivity contribution is 6.06. The maximum Gasteiger partial charge on any atom is 0.262 e. The summed E-state index contributed by atoms with van der Waals surface area (Å²) in [4.78, 5) is 23.5. The van der Waals surface area contributed by atoms with E-state index in [1.807, 2.05) is 30.3 Å². The molecule has 0 spiro atoms. The summed E-state index contributed by atoms with van der Waals surface area (Å²) in [5.74, 6) is 0.211. The van der Waals surface area contributed by atoms with Gasteiger partial charge in [-0.3, -0.25) is 9.59 Å². The fraction of sp³-hybridized carbons (Fsp3) is 0.176. The van der Waals surface area contributed by atoms with Crippen LogP contribution in [0.4, 0.5) is 5.69 Å². The molecule has 0 saturated heterocycles. The van der Waals surface area contributed by atoms with Gasteiger partial charge in [0.05, 0.1) is 12.1 Å². The molecule has 0 fully saturated rings. The van der Waals surface area contributed by atoms with Gasteiger partial charge in [-0.25, -0.2) is 0 Å². The molecule has 2 aromatic rings. The fourth-order valence-electron chi connectivity index (χ4n) is 2.33. The van der Waals surface area contributed by atoms with Gasteiger partial charge in [-0.05, 0) is 17.7 Å². The van der Waals surface area contributed by atoms with E-state index in [9.17, 15) is 9.59 Å². The van der Waals surface area contributed by atoms with Crippen molar-refractivity contribution < 1.29 is 19.1 Å². The molecule has 0 radical (unpaired) electrons. The summed E-state index contributed by atoms with van der Waals surface area (Å²) >= 11 is 0. The third-order valence-corrected chi connectivity index (χ3v) is 3.45. The predicted octanol–water partition coefficient (Wildman–Crippen LogP) is 1.74. The molecule has 1 amide bonds. The number of nitrogens with one attached hydrogen (secondary N) is 1. The summed E-state index contributed by atoms with van der Waals surface area (Å²) in [6.45, 7) is 0.0707. The second-order valence-corrected chi connectivity index (χ2v) is 5.05. The number of carbonyl (C=O) groups excluding carboxylic acids is 2. The van der Waals surface area contributed by atoms with Crippen LogP contribution in [-0.2, 0) is 11.4 Å². The molecule has 0 unspecified atom stereocenters. The third-order valence-electron chi connectivity index (χ3n) is 3.45. The Morgan fingerprint density at radius 2 is 2.00 bits per heavy atom. The molecule has 0 saturated carbocycles. The summed E-state index contributed by atoms with van der Waals surface area (Å²) in [6.07, 6.45) is 0. The van der Waals surface area contributed by atoms with Crippen molar-refractivity contribution >= 4 is 17.4 Å². The Kier molecular flexibility index (Phi) is 4.25. The van der Waals surface area contributed by atoms with Gasteiger partial charge in [0.15, 0.2) is 18.1 Å².